The number of nitrogens with one attached hydrogen (secondary N) is 1. The van der Waals surface area contributed by atoms with Crippen LogP contribution in [0, 0.1) is 10.1 Å². The van der Waals surface area contributed by atoms with Gasteiger partial charge < -0.3 is 9.72 Å². The van der Waals surface area contributed by atoms with Gasteiger partial charge >= 0.3 is 5.69 Å². The highest BCUT2D eigenvalue weighted by atomic mass is 35.5. The van der Waals surface area contributed by atoms with E-state index in [1.54, 1.807) is 37.4 Å². The number of aromatic nitrogens is 1. The first kappa shape index (κ1) is 14.7. The molecule has 0 aliphatic heterocycles. The van der Waals surface area contributed by atoms with Crippen molar-refractivity contribution in [1.29, 1.82) is 0 Å². The lowest BCUT2D eigenvalue weighted by molar-refractivity contribution is -0.386. The zero-order valence-electron chi connectivity index (χ0n) is 11.5. The SMILES string of the molecule is COc1ccc2c([N+](=O)[O-])c(Sc3ccc(Cl)cc3)[nH]c2c1. The minimum atomic E-state index is -0.371. The first-order valence-electron chi connectivity index (χ1n) is 6.36. The smallest absolute Gasteiger partial charge is 0.308 e. The maximum atomic E-state index is 11.4. The summed E-state index contributed by atoms with van der Waals surface area (Å²) in [6, 6.07) is 12.3. The lowest BCUT2D eigenvalue weighted by atomic mass is 10.2. The fraction of sp³-hybridized carbons (Fsp3) is 0.0667. The number of ether oxygens (including phenoxy) is 1. The number of methoxy groups -OCH3 is 1. The number of halogens is 1. The van der Waals surface area contributed by atoms with E-state index in [-0.39, 0.29) is 10.6 Å². The molecule has 22 heavy (non-hydrogen) atoms. The van der Waals surface area contributed by atoms with E-state index in [4.69, 9.17) is 16.3 Å². The van der Waals surface area contributed by atoms with Crippen molar-refractivity contribution in [3.63, 3.8) is 0 Å². The highest BCUT2D eigenvalue weighted by molar-refractivity contribution is 7.99. The number of nitrogens with zero attached hydrogens (tertiary/aromatic N) is 1. The van der Waals surface area contributed by atoms with Crippen molar-refractivity contribution >= 4 is 40.0 Å². The van der Waals surface area contributed by atoms with E-state index >= 15 is 0 Å². The average Bonchev–Trinajstić information content (AvgIpc) is 2.86. The summed E-state index contributed by atoms with van der Waals surface area (Å²) in [5.74, 6) is 0.645. The Balaban J connectivity index is 2.09. The predicted molar refractivity (Wildman–Crippen MR) is 87.1 cm³/mol. The molecule has 112 valence electrons. The van der Waals surface area contributed by atoms with Crippen LogP contribution >= 0.6 is 23.4 Å². The van der Waals surface area contributed by atoms with E-state index in [1.165, 1.54) is 11.8 Å². The molecule has 7 heteroatoms. The van der Waals surface area contributed by atoms with Crippen molar-refractivity contribution in [2.45, 2.75) is 9.92 Å². The number of hydrogen-bond acceptors (Lipinski definition) is 4. The van der Waals surface area contributed by atoms with Gasteiger partial charge in [-0.15, -0.1) is 0 Å². The minimum Gasteiger partial charge on any atom is -0.497 e. The summed E-state index contributed by atoms with van der Waals surface area (Å²) in [6.07, 6.45) is 0. The third-order valence-electron chi connectivity index (χ3n) is 3.16. The second-order valence-corrected chi connectivity index (χ2v) is 6.05. The van der Waals surface area contributed by atoms with Crippen LogP contribution in [0.25, 0.3) is 10.9 Å². The lowest BCUT2D eigenvalue weighted by Gasteiger charge is -1.99. The van der Waals surface area contributed by atoms with Gasteiger partial charge in [-0.05, 0) is 36.4 Å². The molecular formula is C15H11ClN2O3S. The van der Waals surface area contributed by atoms with Crippen molar-refractivity contribution in [3.05, 3.63) is 57.6 Å². The third kappa shape index (κ3) is 2.75. The molecule has 0 amide bonds. The van der Waals surface area contributed by atoms with Gasteiger partial charge in [-0.3, -0.25) is 10.1 Å². The first-order valence-corrected chi connectivity index (χ1v) is 7.55. The number of nitro groups is 1. The maximum Gasteiger partial charge on any atom is 0.308 e. The van der Waals surface area contributed by atoms with Crippen LogP contribution in [0.3, 0.4) is 0 Å². The molecule has 1 N–H and O–H groups in total. The van der Waals surface area contributed by atoms with Gasteiger partial charge in [-0.25, -0.2) is 0 Å². The van der Waals surface area contributed by atoms with Crippen LogP contribution in [0.2, 0.25) is 5.02 Å². The van der Waals surface area contributed by atoms with E-state index in [1.807, 2.05) is 12.1 Å². The van der Waals surface area contributed by atoms with E-state index in [9.17, 15) is 10.1 Å². The third-order valence-corrected chi connectivity index (χ3v) is 4.42. The number of aromatic amines is 1. The molecule has 0 bridgehead atoms. The molecule has 0 spiro atoms. The van der Waals surface area contributed by atoms with Crippen LogP contribution in [0.4, 0.5) is 5.69 Å². The Bertz CT molecular complexity index is 846. The van der Waals surface area contributed by atoms with Crippen molar-refractivity contribution in [2.75, 3.05) is 7.11 Å². The Morgan fingerprint density at radius 3 is 2.59 bits per heavy atom. The zero-order valence-corrected chi connectivity index (χ0v) is 13.1. The second kappa shape index (κ2) is 5.90. The van der Waals surface area contributed by atoms with Crippen molar-refractivity contribution < 1.29 is 9.66 Å². The lowest BCUT2D eigenvalue weighted by Crippen LogP contribution is -1.88. The molecule has 1 aromatic heterocycles. The van der Waals surface area contributed by atoms with Gasteiger partial charge in [0.15, 0.2) is 5.03 Å². The quantitative estimate of drug-likeness (QED) is 0.545. The van der Waals surface area contributed by atoms with Crippen LogP contribution in [0.15, 0.2) is 52.4 Å². The molecule has 2 aromatic carbocycles. The molecule has 1 heterocycles. The van der Waals surface area contributed by atoms with Crippen molar-refractivity contribution in [3.8, 4) is 5.75 Å². The normalized spacial score (nSPS) is 10.8. The number of fused-ring (bicyclic) bond motifs is 1. The monoisotopic (exact) mass is 334 g/mol. The number of H-pyrrole nitrogens is 1. The first-order chi connectivity index (χ1) is 10.6. The topological polar surface area (TPSA) is 68.2 Å². The molecule has 0 radical (unpaired) electrons. The van der Waals surface area contributed by atoms with Crippen LogP contribution in [0.1, 0.15) is 0 Å². The highest BCUT2D eigenvalue weighted by Crippen LogP contribution is 2.40. The van der Waals surface area contributed by atoms with Gasteiger partial charge in [0.05, 0.1) is 22.9 Å². The largest absolute Gasteiger partial charge is 0.497 e. The molecule has 0 saturated heterocycles. The van der Waals surface area contributed by atoms with Crippen molar-refractivity contribution in [1.82, 2.24) is 4.98 Å². The van der Waals surface area contributed by atoms with Gasteiger partial charge in [0, 0.05) is 16.0 Å². The standard InChI is InChI=1S/C15H11ClN2O3S/c1-21-10-4-7-12-13(8-10)17-15(14(12)18(19)20)22-11-5-2-9(16)3-6-11/h2-8,17H,1H3. The van der Waals surface area contributed by atoms with Crippen LogP contribution in [-0.2, 0) is 0 Å². The Morgan fingerprint density at radius 2 is 1.95 bits per heavy atom. The Labute approximate surface area is 135 Å². The van der Waals surface area contributed by atoms with Gasteiger partial charge in [-0.1, -0.05) is 23.4 Å². The van der Waals surface area contributed by atoms with E-state index in [2.05, 4.69) is 4.98 Å². The summed E-state index contributed by atoms with van der Waals surface area (Å²) in [4.78, 5) is 15.0. The van der Waals surface area contributed by atoms with Crippen LogP contribution in [-0.4, -0.2) is 17.0 Å². The number of rotatable bonds is 4. The zero-order chi connectivity index (χ0) is 15.7. The Hall–Kier alpha value is -2.18. The number of hydrogen-bond donors (Lipinski definition) is 1. The molecule has 0 aliphatic carbocycles. The second-order valence-electron chi connectivity index (χ2n) is 4.53. The molecule has 0 unspecified atom stereocenters. The van der Waals surface area contributed by atoms with Gasteiger partial charge in [0.1, 0.15) is 5.75 Å². The highest BCUT2D eigenvalue weighted by Gasteiger charge is 2.23. The predicted octanol–water partition coefficient (Wildman–Crippen LogP) is 4.89. The molecule has 3 aromatic rings. The van der Waals surface area contributed by atoms with Crippen LogP contribution in [0.5, 0.6) is 5.75 Å². The maximum absolute atomic E-state index is 11.4. The molecule has 3 rings (SSSR count). The fourth-order valence-electron chi connectivity index (χ4n) is 2.14. The minimum absolute atomic E-state index is 0.0672. The Morgan fingerprint density at radius 1 is 1.23 bits per heavy atom. The van der Waals surface area contributed by atoms with Crippen molar-refractivity contribution in [2.24, 2.45) is 0 Å². The van der Waals surface area contributed by atoms with Gasteiger partial charge in [0.25, 0.3) is 0 Å². The number of benzene rings is 2. The fourth-order valence-corrected chi connectivity index (χ4v) is 3.22. The summed E-state index contributed by atoms with van der Waals surface area (Å²) >= 11 is 7.15. The summed E-state index contributed by atoms with van der Waals surface area (Å²) < 4.78 is 5.15. The van der Waals surface area contributed by atoms with E-state index < -0.39 is 0 Å². The molecule has 0 aliphatic rings. The van der Waals surface area contributed by atoms with Gasteiger partial charge in [0.2, 0.25) is 0 Å². The summed E-state index contributed by atoms with van der Waals surface area (Å²) in [7, 11) is 1.56. The van der Waals surface area contributed by atoms with Gasteiger partial charge in [-0.2, -0.15) is 0 Å². The van der Waals surface area contributed by atoms with Crippen LogP contribution < -0.4 is 4.74 Å². The average molecular weight is 335 g/mol. The summed E-state index contributed by atoms with van der Waals surface area (Å²) in [5, 5.41) is 13.1. The molecular weight excluding hydrogens is 324 g/mol. The molecule has 0 atom stereocenters. The molecule has 5 nitrogen and oxygen atoms in total. The van der Waals surface area contributed by atoms with E-state index in [0.29, 0.717) is 26.7 Å². The Kier molecular flexibility index (Phi) is 3.96. The summed E-state index contributed by atoms with van der Waals surface area (Å²) in [5.41, 5.74) is 0.736. The molecule has 0 saturated carbocycles. The molecule has 0 fully saturated rings. The summed E-state index contributed by atoms with van der Waals surface area (Å²) in [6.45, 7) is 0. The van der Waals surface area contributed by atoms with E-state index in [0.717, 1.165) is 4.90 Å².